The van der Waals surface area contributed by atoms with Crippen LogP contribution in [0.25, 0.3) is 0 Å². The summed E-state index contributed by atoms with van der Waals surface area (Å²) in [5.41, 5.74) is -0.971. The third-order valence-corrected chi connectivity index (χ3v) is 2.70. The van der Waals surface area contributed by atoms with Crippen molar-refractivity contribution in [1.82, 2.24) is 14.8 Å². The summed E-state index contributed by atoms with van der Waals surface area (Å²) < 4.78 is 14.1. The van der Waals surface area contributed by atoms with Crippen molar-refractivity contribution < 1.29 is 14.3 Å². The fourth-order valence-corrected chi connectivity index (χ4v) is 1.57. The molecule has 0 fully saturated rings. The van der Waals surface area contributed by atoms with Gasteiger partial charge in [-0.15, -0.1) is 0 Å². The zero-order valence-corrected chi connectivity index (χ0v) is 9.04. The second kappa shape index (κ2) is 3.97. The number of hydrogen-bond donors (Lipinski definition) is 1. The number of nitrogens with zero attached hydrogens (tertiary/aromatic N) is 3. The van der Waals surface area contributed by atoms with E-state index in [0.717, 1.165) is 0 Å². The van der Waals surface area contributed by atoms with Gasteiger partial charge in [0.05, 0.1) is 0 Å². The van der Waals surface area contributed by atoms with E-state index >= 15 is 0 Å². The van der Waals surface area contributed by atoms with Crippen LogP contribution in [0.15, 0.2) is 36.9 Å². The number of carboxylic acids is 1. The van der Waals surface area contributed by atoms with Crippen molar-refractivity contribution in [2.24, 2.45) is 0 Å². The smallest absolute Gasteiger partial charge is 0.336 e. The molecular weight excluding hydrogens is 225 g/mol. The van der Waals surface area contributed by atoms with Crippen molar-refractivity contribution in [2.45, 2.75) is 12.5 Å². The van der Waals surface area contributed by atoms with Gasteiger partial charge in [-0.05, 0) is 24.6 Å². The van der Waals surface area contributed by atoms with Gasteiger partial charge in [-0.1, -0.05) is 12.1 Å². The minimum Gasteiger partial charge on any atom is -0.479 e. The van der Waals surface area contributed by atoms with E-state index in [4.69, 9.17) is 0 Å². The van der Waals surface area contributed by atoms with Crippen LogP contribution in [-0.4, -0.2) is 25.8 Å². The molecule has 1 aromatic heterocycles. The van der Waals surface area contributed by atoms with Gasteiger partial charge in [-0.3, -0.25) is 0 Å². The van der Waals surface area contributed by atoms with Gasteiger partial charge in [0.2, 0.25) is 0 Å². The highest BCUT2D eigenvalue weighted by Crippen LogP contribution is 2.25. The normalized spacial score (nSPS) is 14.2. The molecule has 1 unspecified atom stereocenters. The Kier molecular flexibility index (Phi) is 2.63. The van der Waals surface area contributed by atoms with Crippen molar-refractivity contribution >= 4 is 5.97 Å². The molecule has 88 valence electrons. The number of aromatic nitrogens is 3. The highest BCUT2D eigenvalue weighted by Gasteiger charge is 2.38. The molecular formula is C11H10FN3O2. The second-order valence-electron chi connectivity index (χ2n) is 3.72. The first kappa shape index (κ1) is 11.3. The Labute approximate surface area is 96.5 Å². The molecule has 5 nitrogen and oxygen atoms in total. The minimum absolute atomic E-state index is 0.417. The first-order valence-corrected chi connectivity index (χ1v) is 4.89. The molecule has 17 heavy (non-hydrogen) atoms. The highest BCUT2D eigenvalue weighted by molar-refractivity contribution is 5.80. The topological polar surface area (TPSA) is 68.0 Å². The van der Waals surface area contributed by atoms with E-state index in [-0.39, 0.29) is 0 Å². The summed E-state index contributed by atoms with van der Waals surface area (Å²) in [6.07, 6.45) is 2.57. The standard InChI is InChI=1S/C11H10FN3O2/c1-11(10(16)17,15-7-13-6-14-15)8-2-4-9(12)5-3-8/h2-7H,1H3,(H,16,17). The maximum Gasteiger partial charge on any atom is 0.336 e. The monoisotopic (exact) mass is 235 g/mol. The maximum atomic E-state index is 12.8. The molecule has 0 aliphatic rings. The average Bonchev–Trinajstić information content (AvgIpc) is 2.82. The molecule has 2 rings (SSSR count). The molecule has 1 N–H and O–H groups in total. The lowest BCUT2D eigenvalue weighted by Gasteiger charge is -2.25. The first-order valence-electron chi connectivity index (χ1n) is 4.89. The molecule has 1 aromatic carbocycles. The summed E-state index contributed by atoms with van der Waals surface area (Å²) >= 11 is 0. The summed E-state index contributed by atoms with van der Waals surface area (Å²) in [4.78, 5) is 15.2. The Morgan fingerprint density at radius 3 is 2.53 bits per heavy atom. The molecule has 0 aliphatic carbocycles. The van der Waals surface area contributed by atoms with Crippen LogP contribution < -0.4 is 0 Å². The Morgan fingerprint density at radius 2 is 2.06 bits per heavy atom. The van der Waals surface area contributed by atoms with Crippen LogP contribution in [0, 0.1) is 5.82 Å². The molecule has 0 saturated carbocycles. The van der Waals surface area contributed by atoms with Gasteiger partial charge < -0.3 is 5.11 Å². The summed E-state index contributed by atoms with van der Waals surface area (Å²) in [7, 11) is 0. The van der Waals surface area contributed by atoms with Gasteiger partial charge in [0.15, 0.2) is 5.54 Å². The van der Waals surface area contributed by atoms with Crippen LogP contribution in [0.1, 0.15) is 12.5 Å². The lowest BCUT2D eigenvalue weighted by Crippen LogP contribution is -2.40. The van der Waals surface area contributed by atoms with E-state index in [9.17, 15) is 14.3 Å². The molecule has 2 aromatic rings. The fraction of sp³-hybridized carbons (Fsp3) is 0.182. The molecule has 0 aliphatic heterocycles. The number of carboxylic acid groups (broad SMARTS) is 1. The van der Waals surface area contributed by atoms with E-state index in [0.29, 0.717) is 5.56 Å². The van der Waals surface area contributed by atoms with Gasteiger partial charge >= 0.3 is 5.97 Å². The number of aliphatic carboxylic acids is 1. The van der Waals surface area contributed by atoms with Gasteiger partial charge in [0.25, 0.3) is 0 Å². The van der Waals surface area contributed by atoms with Gasteiger partial charge in [-0.2, -0.15) is 5.10 Å². The number of hydrogen-bond acceptors (Lipinski definition) is 3. The summed E-state index contributed by atoms with van der Waals surface area (Å²) in [5.74, 6) is -1.50. The Morgan fingerprint density at radius 1 is 1.41 bits per heavy atom. The van der Waals surface area contributed by atoms with E-state index < -0.39 is 17.3 Å². The maximum absolute atomic E-state index is 12.8. The zero-order chi connectivity index (χ0) is 12.5. The van der Waals surface area contributed by atoms with Gasteiger partial charge in [0.1, 0.15) is 18.5 Å². The Hall–Kier alpha value is -2.24. The zero-order valence-electron chi connectivity index (χ0n) is 9.04. The van der Waals surface area contributed by atoms with Crippen molar-refractivity contribution in [3.8, 4) is 0 Å². The van der Waals surface area contributed by atoms with Crippen molar-refractivity contribution in [3.05, 3.63) is 48.3 Å². The molecule has 0 saturated heterocycles. The van der Waals surface area contributed by atoms with Crippen LogP contribution in [0.3, 0.4) is 0 Å². The van der Waals surface area contributed by atoms with E-state index in [1.54, 1.807) is 0 Å². The fourth-order valence-electron chi connectivity index (χ4n) is 1.57. The molecule has 0 spiro atoms. The number of halogens is 1. The Bertz CT molecular complexity index is 524. The molecule has 1 atom stereocenters. The largest absolute Gasteiger partial charge is 0.479 e. The van der Waals surface area contributed by atoms with Crippen LogP contribution >= 0.6 is 0 Å². The lowest BCUT2D eigenvalue weighted by molar-refractivity contribution is -0.144. The van der Waals surface area contributed by atoms with Crippen molar-refractivity contribution in [2.75, 3.05) is 0 Å². The van der Waals surface area contributed by atoms with Crippen molar-refractivity contribution in [1.29, 1.82) is 0 Å². The third kappa shape index (κ3) is 1.77. The summed E-state index contributed by atoms with van der Waals surface area (Å²) in [5, 5.41) is 13.2. The number of rotatable bonds is 3. The third-order valence-electron chi connectivity index (χ3n) is 2.70. The SMILES string of the molecule is CC(C(=O)O)(c1ccc(F)cc1)n1cncn1. The summed E-state index contributed by atoms with van der Waals surface area (Å²) in [6, 6.07) is 5.27. The lowest BCUT2D eigenvalue weighted by atomic mass is 9.92. The average molecular weight is 235 g/mol. The molecule has 6 heteroatoms. The molecule has 0 bridgehead atoms. The predicted octanol–water partition coefficient (Wildman–Crippen LogP) is 1.27. The predicted molar refractivity (Wildman–Crippen MR) is 56.8 cm³/mol. The molecule has 1 heterocycles. The van der Waals surface area contributed by atoms with Crippen LogP contribution in [-0.2, 0) is 10.3 Å². The van der Waals surface area contributed by atoms with Gasteiger partial charge in [0, 0.05) is 0 Å². The van der Waals surface area contributed by atoms with Crippen LogP contribution in [0.5, 0.6) is 0 Å². The summed E-state index contributed by atoms with van der Waals surface area (Å²) in [6.45, 7) is 1.48. The molecule has 0 amide bonds. The minimum atomic E-state index is -1.40. The van der Waals surface area contributed by atoms with Crippen molar-refractivity contribution in [3.63, 3.8) is 0 Å². The van der Waals surface area contributed by atoms with E-state index in [1.807, 2.05) is 0 Å². The van der Waals surface area contributed by atoms with E-state index in [1.165, 1.54) is 48.5 Å². The quantitative estimate of drug-likeness (QED) is 0.869. The molecule has 0 radical (unpaired) electrons. The Balaban J connectivity index is 2.56. The van der Waals surface area contributed by atoms with Crippen LogP contribution in [0.4, 0.5) is 4.39 Å². The number of carbonyl (C=O) groups is 1. The van der Waals surface area contributed by atoms with Crippen LogP contribution in [0.2, 0.25) is 0 Å². The van der Waals surface area contributed by atoms with Gasteiger partial charge in [-0.25, -0.2) is 18.9 Å². The number of benzene rings is 1. The first-order chi connectivity index (χ1) is 8.05. The highest BCUT2D eigenvalue weighted by atomic mass is 19.1. The van der Waals surface area contributed by atoms with E-state index in [2.05, 4.69) is 10.1 Å². The second-order valence-corrected chi connectivity index (χ2v) is 3.72.